The molecule has 2 fully saturated rings. The highest BCUT2D eigenvalue weighted by Crippen LogP contribution is 2.22. The fourth-order valence-electron chi connectivity index (χ4n) is 2.38. The number of piperidine rings is 2. The largest absolute Gasteiger partial charge is 0.298 e. The van der Waals surface area contributed by atoms with Gasteiger partial charge in [-0.15, -0.1) is 0 Å². The van der Waals surface area contributed by atoms with Gasteiger partial charge in [-0.25, -0.2) is 0 Å². The summed E-state index contributed by atoms with van der Waals surface area (Å²) in [5.74, 6) is 0.634. The van der Waals surface area contributed by atoms with Gasteiger partial charge >= 0.3 is 0 Å². The summed E-state index contributed by atoms with van der Waals surface area (Å²) in [6, 6.07) is 0. The topological polar surface area (TPSA) is 57.7 Å². The SMILES string of the molecule is CC1CCN(S(=O)(=O)N2CCCC(=O)C2)CC1. The molecule has 2 rings (SSSR count). The Bertz CT molecular complexity index is 386. The van der Waals surface area contributed by atoms with E-state index in [9.17, 15) is 13.2 Å². The van der Waals surface area contributed by atoms with Crippen molar-refractivity contribution in [2.24, 2.45) is 5.92 Å². The molecule has 0 aliphatic carbocycles. The molecule has 0 aromatic carbocycles. The Balaban J connectivity index is 2.05. The summed E-state index contributed by atoms with van der Waals surface area (Å²) in [6.45, 7) is 3.88. The first-order valence-corrected chi connectivity index (χ1v) is 7.67. The van der Waals surface area contributed by atoms with Crippen LogP contribution in [0, 0.1) is 5.92 Å². The quantitative estimate of drug-likeness (QED) is 0.731. The number of carbonyl (C=O) groups excluding carboxylic acids is 1. The molecule has 2 aliphatic rings. The van der Waals surface area contributed by atoms with Gasteiger partial charge in [0, 0.05) is 26.1 Å². The second kappa shape index (κ2) is 5.04. The first-order chi connectivity index (χ1) is 8.00. The van der Waals surface area contributed by atoms with Crippen LogP contribution in [-0.4, -0.2) is 49.0 Å². The summed E-state index contributed by atoms with van der Waals surface area (Å²) in [4.78, 5) is 11.3. The molecule has 0 spiro atoms. The third-order valence-corrected chi connectivity index (χ3v) is 5.59. The molecule has 6 heteroatoms. The van der Waals surface area contributed by atoms with E-state index in [4.69, 9.17) is 0 Å². The maximum absolute atomic E-state index is 12.3. The molecule has 0 atom stereocenters. The van der Waals surface area contributed by atoms with E-state index in [1.807, 2.05) is 0 Å². The highest BCUT2D eigenvalue weighted by molar-refractivity contribution is 7.86. The molecular weight excluding hydrogens is 240 g/mol. The summed E-state index contributed by atoms with van der Waals surface area (Å²) in [5.41, 5.74) is 0. The lowest BCUT2D eigenvalue weighted by Gasteiger charge is -2.35. The van der Waals surface area contributed by atoms with Crippen molar-refractivity contribution in [1.29, 1.82) is 0 Å². The Morgan fingerprint density at radius 3 is 2.35 bits per heavy atom. The van der Waals surface area contributed by atoms with E-state index in [-0.39, 0.29) is 12.3 Å². The van der Waals surface area contributed by atoms with E-state index in [1.165, 1.54) is 8.61 Å². The van der Waals surface area contributed by atoms with Crippen LogP contribution in [0.25, 0.3) is 0 Å². The minimum Gasteiger partial charge on any atom is -0.298 e. The number of carbonyl (C=O) groups is 1. The van der Waals surface area contributed by atoms with Crippen LogP contribution in [0.2, 0.25) is 0 Å². The van der Waals surface area contributed by atoms with E-state index in [1.54, 1.807) is 0 Å². The van der Waals surface area contributed by atoms with E-state index >= 15 is 0 Å². The monoisotopic (exact) mass is 260 g/mol. The lowest BCUT2D eigenvalue weighted by molar-refractivity contribution is -0.120. The average Bonchev–Trinajstić information content (AvgIpc) is 2.29. The molecule has 98 valence electrons. The van der Waals surface area contributed by atoms with E-state index in [0.717, 1.165) is 12.8 Å². The van der Waals surface area contributed by atoms with Crippen molar-refractivity contribution >= 4 is 16.0 Å². The smallest absolute Gasteiger partial charge is 0.282 e. The maximum atomic E-state index is 12.3. The van der Waals surface area contributed by atoms with Crippen LogP contribution in [0.4, 0.5) is 0 Å². The lowest BCUT2D eigenvalue weighted by atomic mass is 10.0. The molecular formula is C11H20N2O3S. The Morgan fingerprint density at radius 1 is 1.12 bits per heavy atom. The molecule has 0 N–H and O–H groups in total. The number of rotatable bonds is 2. The molecule has 0 radical (unpaired) electrons. The second-order valence-corrected chi connectivity index (χ2v) is 6.99. The van der Waals surface area contributed by atoms with Crippen molar-refractivity contribution in [3.63, 3.8) is 0 Å². The maximum Gasteiger partial charge on any atom is 0.282 e. The molecule has 0 aromatic rings. The number of Topliss-reactive ketones (excluding diaryl/α,β-unsaturated/α-hetero) is 1. The summed E-state index contributed by atoms with van der Waals surface area (Å²) in [7, 11) is -3.40. The Kier molecular flexibility index (Phi) is 3.85. The van der Waals surface area contributed by atoms with Crippen molar-refractivity contribution in [2.45, 2.75) is 32.6 Å². The van der Waals surface area contributed by atoms with Gasteiger partial charge < -0.3 is 0 Å². The molecule has 2 heterocycles. The number of nitrogens with zero attached hydrogens (tertiary/aromatic N) is 2. The molecule has 17 heavy (non-hydrogen) atoms. The summed E-state index contributed by atoms with van der Waals surface area (Å²) in [5, 5.41) is 0. The fraction of sp³-hybridized carbons (Fsp3) is 0.909. The minimum absolute atomic E-state index is 0.0326. The van der Waals surface area contributed by atoms with Crippen molar-refractivity contribution in [3.05, 3.63) is 0 Å². The number of hydrogen-bond donors (Lipinski definition) is 0. The molecule has 2 saturated heterocycles. The van der Waals surface area contributed by atoms with Gasteiger partial charge in [-0.3, -0.25) is 4.79 Å². The molecule has 5 nitrogen and oxygen atoms in total. The lowest BCUT2D eigenvalue weighted by Crippen LogP contribution is -2.50. The van der Waals surface area contributed by atoms with E-state index < -0.39 is 10.2 Å². The van der Waals surface area contributed by atoms with Crippen molar-refractivity contribution in [1.82, 2.24) is 8.61 Å². The predicted molar refractivity (Wildman–Crippen MR) is 64.7 cm³/mol. The average molecular weight is 260 g/mol. The van der Waals surface area contributed by atoms with Gasteiger partial charge in [-0.2, -0.15) is 17.0 Å². The van der Waals surface area contributed by atoms with Crippen molar-refractivity contribution in [2.75, 3.05) is 26.2 Å². The zero-order valence-electron chi connectivity index (χ0n) is 10.3. The third kappa shape index (κ3) is 2.86. The van der Waals surface area contributed by atoms with Crippen LogP contribution in [0.5, 0.6) is 0 Å². The Morgan fingerprint density at radius 2 is 1.76 bits per heavy atom. The van der Waals surface area contributed by atoms with Crippen LogP contribution in [0.3, 0.4) is 0 Å². The summed E-state index contributed by atoms with van der Waals surface area (Å²) >= 11 is 0. The van der Waals surface area contributed by atoms with Gasteiger partial charge in [-0.1, -0.05) is 6.92 Å². The van der Waals surface area contributed by atoms with Gasteiger partial charge in [0.2, 0.25) is 0 Å². The zero-order valence-corrected chi connectivity index (χ0v) is 11.1. The summed E-state index contributed by atoms with van der Waals surface area (Å²) < 4.78 is 27.5. The van der Waals surface area contributed by atoms with Gasteiger partial charge in [0.1, 0.15) is 5.78 Å². The molecule has 0 aromatic heterocycles. The first-order valence-electron chi connectivity index (χ1n) is 6.27. The highest BCUT2D eigenvalue weighted by atomic mass is 32.2. The number of hydrogen-bond acceptors (Lipinski definition) is 3. The van der Waals surface area contributed by atoms with Gasteiger partial charge in [-0.05, 0) is 25.2 Å². The van der Waals surface area contributed by atoms with Gasteiger partial charge in [0.15, 0.2) is 0 Å². The van der Waals surface area contributed by atoms with Crippen LogP contribution in [0.1, 0.15) is 32.6 Å². The predicted octanol–water partition coefficient (Wildman–Crippen LogP) is 0.628. The molecule has 0 saturated carbocycles. The molecule has 2 aliphatic heterocycles. The first kappa shape index (κ1) is 13.0. The van der Waals surface area contributed by atoms with E-state index in [0.29, 0.717) is 38.4 Å². The summed E-state index contributed by atoms with van der Waals surface area (Å²) in [6.07, 6.45) is 3.01. The van der Waals surface area contributed by atoms with Gasteiger partial charge in [0.05, 0.1) is 6.54 Å². The standard InChI is InChI=1S/C11H20N2O3S/c1-10-4-7-12(8-5-10)17(15,16)13-6-2-3-11(14)9-13/h10H,2-9H2,1H3. The number of ketones is 1. The van der Waals surface area contributed by atoms with E-state index in [2.05, 4.69) is 6.92 Å². The zero-order chi connectivity index (χ0) is 12.5. The molecule has 0 bridgehead atoms. The third-order valence-electron chi connectivity index (χ3n) is 3.61. The molecule has 0 unspecified atom stereocenters. The van der Waals surface area contributed by atoms with Crippen LogP contribution in [-0.2, 0) is 15.0 Å². The normalized spacial score (nSPS) is 26.3. The van der Waals surface area contributed by atoms with Gasteiger partial charge in [0.25, 0.3) is 10.2 Å². The van der Waals surface area contributed by atoms with Crippen LogP contribution >= 0.6 is 0 Å². The molecule has 0 amide bonds. The fourth-order valence-corrected chi connectivity index (χ4v) is 4.05. The minimum atomic E-state index is -3.40. The van der Waals surface area contributed by atoms with Crippen molar-refractivity contribution in [3.8, 4) is 0 Å². The van der Waals surface area contributed by atoms with Crippen LogP contribution in [0.15, 0.2) is 0 Å². The second-order valence-electron chi connectivity index (χ2n) is 5.07. The Hall–Kier alpha value is -0.460. The Labute approximate surface area is 103 Å². The van der Waals surface area contributed by atoms with Crippen LogP contribution < -0.4 is 0 Å². The van der Waals surface area contributed by atoms with Crippen molar-refractivity contribution < 1.29 is 13.2 Å². The highest BCUT2D eigenvalue weighted by Gasteiger charge is 2.34.